The van der Waals surface area contributed by atoms with Crippen molar-refractivity contribution >= 4 is 44.2 Å². The summed E-state index contributed by atoms with van der Waals surface area (Å²) in [6, 6.07) is 14.0. The van der Waals surface area contributed by atoms with Crippen LogP contribution in [0.2, 0.25) is 0 Å². The van der Waals surface area contributed by atoms with E-state index >= 15 is 0 Å². The van der Waals surface area contributed by atoms with Gasteiger partial charge in [-0.25, -0.2) is 4.98 Å². The zero-order valence-electron chi connectivity index (χ0n) is 16.9. The fourth-order valence-corrected chi connectivity index (χ4v) is 4.91. The van der Waals surface area contributed by atoms with Crippen LogP contribution in [-0.2, 0) is 17.8 Å². The highest BCUT2D eigenvalue weighted by Gasteiger charge is 2.20. The Hall–Kier alpha value is -3.52. The van der Waals surface area contributed by atoms with Gasteiger partial charge in [0, 0.05) is 19.4 Å². The van der Waals surface area contributed by atoms with Crippen molar-refractivity contribution in [2.24, 2.45) is 5.73 Å². The molecule has 2 aromatic carbocycles. The Labute approximate surface area is 181 Å². The number of aryl methyl sites for hydroxylation is 1. The minimum atomic E-state index is -0.916. The van der Waals surface area contributed by atoms with Crippen molar-refractivity contribution in [3.05, 3.63) is 74.6 Å². The molecule has 0 saturated carbocycles. The molecular weight excluding hydrogens is 414 g/mol. The van der Waals surface area contributed by atoms with Crippen molar-refractivity contribution in [2.45, 2.75) is 32.7 Å². The van der Waals surface area contributed by atoms with Crippen LogP contribution in [0.25, 0.3) is 21.0 Å². The van der Waals surface area contributed by atoms with Gasteiger partial charge in [-0.1, -0.05) is 42.5 Å². The Kier molecular flexibility index (Phi) is 5.56. The molecule has 0 unspecified atom stereocenters. The number of hydrogen-bond acceptors (Lipinski definition) is 5. The van der Waals surface area contributed by atoms with Gasteiger partial charge in [-0.3, -0.25) is 19.0 Å². The number of hydrogen-bond donors (Lipinski definition) is 2. The normalized spacial score (nSPS) is 11.3. The number of amides is 1. The van der Waals surface area contributed by atoms with Gasteiger partial charge in [-0.05, 0) is 35.2 Å². The molecule has 1 amide bonds. The third-order valence-corrected chi connectivity index (χ3v) is 6.55. The fraction of sp³-hybridized carbons (Fsp3) is 0.217. The first kappa shape index (κ1) is 20.7. The summed E-state index contributed by atoms with van der Waals surface area (Å²) in [5.41, 5.74) is 6.74. The lowest BCUT2D eigenvalue weighted by atomic mass is 10.0. The van der Waals surface area contributed by atoms with E-state index in [0.717, 1.165) is 27.7 Å². The maximum absolute atomic E-state index is 13.4. The summed E-state index contributed by atoms with van der Waals surface area (Å²) in [6.07, 6.45) is 0.659. The van der Waals surface area contributed by atoms with Crippen LogP contribution in [0.3, 0.4) is 0 Å². The number of nitrogens with two attached hydrogens (primary N) is 1. The van der Waals surface area contributed by atoms with Gasteiger partial charge >= 0.3 is 5.97 Å². The zero-order valence-corrected chi connectivity index (χ0v) is 17.7. The van der Waals surface area contributed by atoms with Gasteiger partial charge in [-0.2, -0.15) is 0 Å². The van der Waals surface area contributed by atoms with Gasteiger partial charge in [0.05, 0.1) is 10.3 Å². The van der Waals surface area contributed by atoms with Gasteiger partial charge in [0.15, 0.2) is 0 Å². The van der Waals surface area contributed by atoms with Crippen molar-refractivity contribution < 1.29 is 14.7 Å². The molecule has 158 valence electrons. The summed E-state index contributed by atoms with van der Waals surface area (Å²) in [4.78, 5) is 41.7. The molecule has 0 aliphatic heterocycles. The van der Waals surface area contributed by atoms with Gasteiger partial charge in [-0.15, -0.1) is 11.3 Å². The highest BCUT2D eigenvalue weighted by molar-refractivity contribution is 7.20. The van der Waals surface area contributed by atoms with E-state index in [1.165, 1.54) is 4.57 Å². The maximum atomic E-state index is 13.4. The first-order valence-electron chi connectivity index (χ1n) is 9.88. The first-order valence-corrected chi connectivity index (χ1v) is 10.7. The highest BCUT2D eigenvalue weighted by Crippen LogP contribution is 2.28. The maximum Gasteiger partial charge on any atom is 0.303 e. The summed E-state index contributed by atoms with van der Waals surface area (Å²) < 4.78 is 1.54. The summed E-state index contributed by atoms with van der Waals surface area (Å²) in [6.45, 7) is 1.92. The first-order chi connectivity index (χ1) is 14.9. The third kappa shape index (κ3) is 3.94. The van der Waals surface area contributed by atoms with E-state index in [9.17, 15) is 14.4 Å². The minimum Gasteiger partial charge on any atom is -0.481 e. The molecule has 0 saturated heterocycles. The number of benzene rings is 2. The molecule has 3 N–H and O–H groups in total. The topological polar surface area (TPSA) is 115 Å². The van der Waals surface area contributed by atoms with Gasteiger partial charge < -0.3 is 10.8 Å². The van der Waals surface area contributed by atoms with Crippen molar-refractivity contribution in [3.8, 4) is 0 Å². The number of thiophene rings is 1. The second-order valence-corrected chi connectivity index (χ2v) is 8.40. The van der Waals surface area contributed by atoms with Crippen LogP contribution < -0.4 is 11.3 Å². The molecule has 0 aliphatic rings. The van der Waals surface area contributed by atoms with Crippen LogP contribution in [0.15, 0.2) is 47.3 Å². The fourth-order valence-electron chi connectivity index (χ4n) is 3.86. The molecule has 0 atom stereocenters. The number of nitrogens with zero attached hydrogens (tertiary/aromatic N) is 2. The molecule has 0 fully saturated rings. The van der Waals surface area contributed by atoms with E-state index < -0.39 is 11.9 Å². The average Bonchev–Trinajstić information content (AvgIpc) is 3.07. The molecule has 8 heteroatoms. The monoisotopic (exact) mass is 435 g/mol. The van der Waals surface area contributed by atoms with E-state index in [4.69, 9.17) is 15.8 Å². The summed E-state index contributed by atoms with van der Waals surface area (Å²) in [5.74, 6) is -0.968. The van der Waals surface area contributed by atoms with Gasteiger partial charge in [0.25, 0.3) is 11.5 Å². The van der Waals surface area contributed by atoms with Crippen molar-refractivity contribution in [2.75, 3.05) is 0 Å². The molecule has 31 heavy (non-hydrogen) atoms. The number of primary amides is 1. The van der Waals surface area contributed by atoms with Crippen LogP contribution >= 0.6 is 11.3 Å². The second kappa shape index (κ2) is 8.31. The van der Waals surface area contributed by atoms with E-state index in [1.807, 2.05) is 42.5 Å². The number of aromatic nitrogens is 2. The predicted molar refractivity (Wildman–Crippen MR) is 121 cm³/mol. The average molecular weight is 436 g/mol. The van der Waals surface area contributed by atoms with Crippen molar-refractivity contribution in [1.29, 1.82) is 0 Å². The largest absolute Gasteiger partial charge is 0.481 e. The molecule has 0 spiro atoms. The Bertz CT molecular complexity index is 1380. The number of fused-ring (bicyclic) bond motifs is 2. The van der Waals surface area contributed by atoms with Crippen molar-refractivity contribution in [1.82, 2.24) is 9.55 Å². The van der Waals surface area contributed by atoms with Crippen LogP contribution in [0.5, 0.6) is 0 Å². The second-order valence-electron chi connectivity index (χ2n) is 7.40. The lowest BCUT2D eigenvalue weighted by Gasteiger charge is -2.13. The predicted octanol–water partition coefficient (Wildman–Crippen LogP) is 3.47. The summed E-state index contributed by atoms with van der Waals surface area (Å²) in [7, 11) is 0. The molecule has 4 rings (SSSR count). The quantitative estimate of drug-likeness (QED) is 0.461. The third-order valence-electron chi connectivity index (χ3n) is 5.35. The molecule has 4 aromatic rings. The van der Waals surface area contributed by atoms with E-state index in [2.05, 4.69) is 0 Å². The number of carboxylic acids is 1. The Morgan fingerprint density at radius 3 is 2.65 bits per heavy atom. The van der Waals surface area contributed by atoms with Gasteiger partial charge in [0.1, 0.15) is 10.7 Å². The van der Waals surface area contributed by atoms with Crippen LogP contribution in [0.1, 0.15) is 39.5 Å². The smallest absolute Gasteiger partial charge is 0.303 e. The minimum absolute atomic E-state index is 0.0483. The van der Waals surface area contributed by atoms with Crippen LogP contribution in [0, 0.1) is 6.92 Å². The number of carbonyl (C=O) groups excluding carboxylic acids is 1. The molecule has 0 aliphatic carbocycles. The highest BCUT2D eigenvalue weighted by atomic mass is 32.1. The van der Waals surface area contributed by atoms with E-state index in [1.54, 1.807) is 6.92 Å². The SMILES string of the molecule is Cc1c(C(N)=O)sc2nc(Cc3cccc4ccccc34)n(CCCC(=O)O)c(=O)c12. The van der Waals surface area contributed by atoms with Crippen LogP contribution in [0.4, 0.5) is 0 Å². The molecule has 2 aromatic heterocycles. The molecule has 2 heterocycles. The lowest BCUT2D eigenvalue weighted by molar-refractivity contribution is -0.137. The molecular formula is C23H21N3O4S. The number of carboxylic acid groups (broad SMARTS) is 1. The molecule has 0 radical (unpaired) electrons. The zero-order chi connectivity index (χ0) is 22.1. The Morgan fingerprint density at radius 1 is 1.16 bits per heavy atom. The van der Waals surface area contributed by atoms with Crippen LogP contribution in [-0.4, -0.2) is 26.5 Å². The summed E-state index contributed by atoms with van der Waals surface area (Å²) in [5, 5.41) is 11.5. The Balaban J connectivity index is 1.88. The Morgan fingerprint density at radius 2 is 1.90 bits per heavy atom. The van der Waals surface area contributed by atoms with Gasteiger partial charge in [0.2, 0.25) is 0 Å². The van der Waals surface area contributed by atoms with E-state index in [-0.39, 0.29) is 18.5 Å². The lowest BCUT2D eigenvalue weighted by Crippen LogP contribution is -2.26. The number of carbonyl (C=O) groups is 2. The number of rotatable bonds is 7. The molecule has 7 nitrogen and oxygen atoms in total. The number of aliphatic carboxylic acids is 1. The van der Waals surface area contributed by atoms with Crippen molar-refractivity contribution in [3.63, 3.8) is 0 Å². The molecule has 0 bridgehead atoms. The summed E-state index contributed by atoms with van der Waals surface area (Å²) >= 11 is 1.12. The van der Waals surface area contributed by atoms with E-state index in [0.29, 0.717) is 39.3 Å². The standard InChI is InChI=1S/C23H21N3O4S/c1-13-19-22(31-20(13)21(24)29)25-17(26(23(19)30)11-5-10-18(27)28)12-15-8-4-7-14-6-2-3-9-16(14)15/h2-4,6-9H,5,10-12H2,1H3,(H2,24,29)(H,27,28).